The van der Waals surface area contributed by atoms with Gasteiger partial charge in [0.2, 0.25) is 11.6 Å². The number of hydrogen-bond donors (Lipinski definition) is 2. The van der Waals surface area contributed by atoms with E-state index < -0.39 is 0 Å². The molecule has 1 atom stereocenters. The molecular formula is C20H23N7. The molecule has 0 spiro atoms. The molecule has 2 N–H and O–H groups in total. The highest BCUT2D eigenvalue weighted by molar-refractivity contribution is 5.96. The summed E-state index contributed by atoms with van der Waals surface area (Å²) in [6.45, 7) is 14.7. The summed E-state index contributed by atoms with van der Waals surface area (Å²) in [4.78, 5) is 22.7. The van der Waals surface area contributed by atoms with Gasteiger partial charge in [0.05, 0.1) is 12.3 Å². The van der Waals surface area contributed by atoms with Gasteiger partial charge < -0.3 is 10.3 Å². The molecule has 3 aromatic heterocycles. The summed E-state index contributed by atoms with van der Waals surface area (Å²) < 4.78 is 0. The number of pyridine rings is 1. The van der Waals surface area contributed by atoms with Crippen LogP contribution in [0.1, 0.15) is 25.3 Å². The van der Waals surface area contributed by atoms with Crippen LogP contribution in [0.4, 0.5) is 11.6 Å². The summed E-state index contributed by atoms with van der Waals surface area (Å²) in [7, 11) is 0. The van der Waals surface area contributed by atoms with Crippen molar-refractivity contribution in [2.24, 2.45) is 0 Å². The van der Waals surface area contributed by atoms with Gasteiger partial charge in [-0.25, -0.2) is 19.8 Å². The van der Waals surface area contributed by atoms with Crippen molar-refractivity contribution in [1.29, 1.82) is 0 Å². The number of aryl methyl sites for hydroxylation is 1. The van der Waals surface area contributed by atoms with E-state index in [2.05, 4.69) is 48.0 Å². The summed E-state index contributed by atoms with van der Waals surface area (Å²) >= 11 is 0. The first kappa shape index (κ1) is 17.4. The van der Waals surface area contributed by atoms with Crippen molar-refractivity contribution < 1.29 is 0 Å². The lowest BCUT2D eigenvalue weighted by atomic mass is 10.1. The molecule has 1 aliphatic heterocycles. The van der Waals surface area contributed by atoms with Crippen molar-refractivity contribution >= 4 is 22.7 Å². The SMILES string of the molecule is [C-]#[N+]c1cnc(NCC2CCCN2CC)nc1-c1c[nH]c2ncc(C)cc12. The minimum atomic E-state index is 0.444. The molecule has 0 aliphatic carbocycles. The van der Waals surface area contributed by atoms with Crippen LogP contribution in [0.3, 0.4) is 0 Å². The average Bonchev–Trinajstić information content (AvgIpc) is 3.32. The zero-order valence-corrected chi connectivity index (χ0v) is 15.7. The number of nitrogens with zero attached hydrogens (tertiary/aromatic N) is 5. The summed E-state index contributed by atoms with van der Waals surface area (Å²) in [6.07, 6.45) is 7.73. The first-order valence-corrected chi connectivity index (χ1v) is 9.36. The van der Waals surface area contributed by atoms with Gasteiger partial charge >= 0.3 is 0 Å². The predicted octanol–water partition coefficient (Wildman–Crippen LogP) is 3.78. The fraction of sp³-hybridized carbons (Fsp3) is 0.400. The Balaban J connectivity index is 1.65. The highest BCUT2D eigenvalue weighted by Gasteiger charge is 2.23. The molecule has 1 saturated heterocycles. The van der Waals surface area contributed by atoms with Gasteiger partial charge in [-0.15, -0.1) is 0 Å². The standard InChI is InChI=1S/C20H23N7/c1-4-27-7-5-6-14(27)10-24-20-25-12-17(21-3)18(26-20)16-11-23-19-15(16)8-13(2)9-22-19/h8-9,11-12,14H,4-7,10H2,1-2H3,(H,22,23)(H,24,25,26). The third-order valence-electron chi connectivity index (χ3n) is 5.21. The lowest BCUT2D eigenvalue weighted by Gasteiger charge is -2.22. The molecule has 1 aliphatic rings. The van der Waals surface area contributed by atoms with Gasteiger partial charge in [-0.05, 0) is 44.5 Å². The second-order valence-corrected chi connectivity index (χ2v) is 6.96. The molecule has 7 nitrogen and oxygen atoms in total. The van der Waals surface area contributed by atoms with Crippen molar-refractivity contribution in [2.45, 2.75) is 32.7 Å². The highest BCUT2D eigenvalue weighted by Crippen LogP contribution is 2.34. The van der Waals surface area contributed by atoms with Gasteiger partial charge in [0.15, 0.2) is 0 Å². The molecule has 27 heavy (non-hydrogen) atoms. The molecule has 4 rings (SSSR count). The fourth-order valence-electron chi connectivity index (χ4n) is 3.80. The Morgan fingerprint density at radius 1 is 1.37 bits per heavy atom. The minimum Gasteiger partial charge on any atom is -0.353 e. The molecule has 0 saturated carbocycles. The number of H-pyrrole nitrogens is 1. The highest BCUT2D eigenvalue weighted by atomic mass is 15.2. The smallest absolute Gasteiger partial charge is 0.231 e. The Hall–Kier alpha value is -2.98. The van der Waals surface area contributed by atoms with Gasteiger partial charge in [-0.3, -0.25) is 4.90 Å². The topological polar surface area (TPSA) is 74.1 Å². The van der Waals surface area contributed by atoms with Crippen LogP contribution >= 0.6 is 0 Å². The lowest BCUT2D eigenvalue weighted by molar-refractivity contribution is 0.277. The van der Waals surface area contributed by atoms with Crippen LogP contribution in [0.25, 0.3) is 27.1 Å². The maximum atomic E-state index is 7.49. The quantitative estimate of drug-likeness (QED) is 0.677. The summed E-state index contributed by atoms with van der Waals surface area (Å²) in [5.74, 6) is 0.565. The monoisotopic (exact) mass is 361 g/mol. The Kier molecular flexibility index (Phi) is 4.73. The van der Waals surface area contributed by atoms with Crippen LogP contribution < -0.4 is 5.32 Å². The molecule has 0 bridgehead atoms. The van der Waals surface area contributed by atoms with E-state index in [-0.39, 0.29) is 0 Å². The molecule has 138 valence electrons. The molecule has 4 heterocycles. The van der Waals surface area contributed by atoms with Gasteiger partial charge in [0, 0.05) is 42.1 Å². The summed E-state index contributed by atoms with van der Waals surface area (Å²) in [5.41, 5.74) is 3.83. The molecule has 1 fully saturated rings. The van der Waals surface area contributed by atoms with Crippen molar-refractivity contribution in [3.63, 3.8) is 0 Å². The van der Waals surface area contributed by atoms with E-state index in [0.717, 1.165) is 41.8 Å². The molecule has 7 heteroatoms. The van der Waals surface area contributed by atoms with Crippen LogP contribution in [0, 0.1) is 13.5 Å². The third-order valence-corrected chi connectivity index (χ3v) is 5.21. The number of anilines is 1. The molecule has 0 radical (unpaired) electrons. The third kappa shape index (κ3) is 3.36. The molecule has 1 unspecified atom stereocenters. The van der Waals surface area contributed by atoms with Crippen LogP contribution in [-0.2, 0) is 0 Å². The maximum absolute atomic E-state index is 7.49. The van der Waals surface area contributed by atoms with E-state index in [9.17, 15) is 0 Å². The number of likely N-dealkylation sites (N-methyl/N-ethyl adjacent to an activating group) is 1. The Morgan fingerprint density at radius 2 is 2.26 bits per heavy atom. The van der Waals surface area contributed by atoms with Crippen molar-refractivity contribution in [3.8, 4) is 11.3 Å². The van der Waals surface area contributed by atoms with E-state index in [4.69, 9.17) is 6.57 Å². The number of hydrogen-bond acceptors (Lipinski definition) is 5. The van der Waals surface area contributed by atoms with Crippen LogP contribution in [-0.4, -0.2) is 50.5 Å². The zero-order chi connectivity index (χ0) is 18.8. The molecule has 0 aromatic carbocycles. The Labute approximate surface area is 158 Å². The average molecular weight is 361 g/mol. The van der Waals surface area contributed by atoms with E-state index in [0.29, 0.717) is 23.4 Å². The molecule has 3 aromatic rings. The molecule has 0 amide bonds. The van der Waals surface area contributed by atoms with E-state index in [1.165, 1.54) is 12.8 Å². The van der Waals surface area contributed by atoms with E-state index >= 15 is 0 Å². The Bertz CT molecular complexity index is 1000. The Morgan fingerprint density at radius 3 is 3.07 bits per heavy atom. The fourth-order valence-corrected chi connectivity index (χ4v) is 3.80. The number of rotatable bonds is 5. The van der Waals surface area contributed by atoms with Gasteiger partial charge in [0.25, 0.3) is 0 Å². The van der Waals surface area contributed by atoms with Gasteiger partial charge in [-0.2, -0.15) is 0 Å². The second-order valence-electron chi connectivity index (χ2n) is 6.96. The van der Waals surface area contributed by atoms with Crippen LogP contribution in [0.2, 0.25) is 0 Å². The van der Waals surface area contributed by atoms with E-state index in [1.54, 1.807) is 6.20 Å². The van der Waals surface area contributed by atoms with Gasteiger partial charge in [-0.1, -0.05) is 6.92 Å². The van der Waals surface area contributed by atoms with Gasteiger partial charge in [0.1, 0.15) is 5.65 Å². The largest absolute Gasteiger partial charge is 0.353 e. The number of likely N-dealkylation sites (tertiary alicyclic amines) is 1. The summed E-state index contributed by atoms with van der Waals surface area (Å²) in [6, 6.07) is 2.58. The second kappa shape index (κ2) is 7.33. The van der Waals surface area contributed by atoms with Crippen LogP contribution in [0.5, 0.6) is 0 Å². The van der Waals surface area contributed by atoms with Crippen molar-refractivity contribution in [1.82, 2.24) is 24.8 Å². The number of fused-ring (bicyclic) bond motifs is 1. The number of nitrogens with one attached hydrogen (secondary N) is 2. The summed E-state index contributed by atoms with van der Waals surface area (Å²) in [5, 5.41) is 4.34. The first-order valence-electron chi connectivity index (χ1n) is 9.36. The van der Waals surface area contributed by atoms with Crippen molar-refractivity contribution in [3.05, 3.63) is 41.6 Å². The first-order chi connectivity index (χ1) is 13.2. The minimum absolute atomic E-state index is 0.444. The normalized spacial score (nSPS) is 17.3. The zero-order valence-electron chi connectivity index (χ0n) is 15.7. The van der Waals surface area contributed by atoms with Crippen molar-refractivity contribution in [2.75, 3.05) is 25.0 Å². The molecular weight excluding hydrogens is 338 g/mol. The lowest BCUT2D eigenvalue weighted by Crippen LogP contribution is -2.34. The number of aromatic nitrogens is 4. The predicted molar refractivity (Wildman–Crippen MR) is 107 cm³/mol. The number of aromatic amines is 1. The van der Waals surface area contributed by atoms with Crippen LogP contribution in [0.15, 0.2) is 24.7 Å². The maximum Gasteiger partial charge on any atom is 0.231 e. The van der Waals surface area contributed by atoms with E-state index in [1.807, 2.05) is 19.3 Å².